The van der Waals surface area contributed by atoms with Gasteiger partial charge >= 0.3 is 0 Å². The number of carbonyl (C=O) groups is 1. The van der Waals surface area contributed by atoms with Crippen molar-refractivity contribution in [1.82, 2.24) is 9.78 Å². The molecule has 0 atom stereocenters. The third-order valence-electron chi connectivity index (χ3n) is 4.89. The summed E-state index contributed by atoms with van der Waals surface area (Å²) < 4.78 is 13.7. The summed E-state index contributed by atoms with van der Waals surface area (Å²) >= 11 is 15.6. The number of nitrogens with zero attached hydrogens (tertiary/aromatic N) is 2. The molecule has 0 radical (unpaired) electrons. The molecule has 6 nitrogen and oxygen atoms in total. The van der Waals surface area contributed by atoms with E-state index in [1.165, 1.54) is 5.56 Å². The first kappa shape index (κ1) is 23.4. The summed E-state index contributed by atoms with van der Waals surface area (Å²) in [5.74, 6) is 1.41. The molecule has 33 heavy (non-hydrogen) atoms. The van der Waals surface area contributed by atoms with E-state index in [0.717, 1.165) is 17.7 Å². The van der Waals surface area contributed by atoms with Crippen molar-refractivity contribution in [3.8, 4) is 5.75 Å². The van der Waals surface area contributed by atoms with E-state index in [-0.39, 0.29) is 12.4 Å². The molecule has 0 aliphatic rings. The number of benzene rings is 2. The molecule has 1 N–H and O–H groups in total. The third-order valence-corrected chi connectivity index (χ3v) is 6.06. The zero-order valence-corrected chi connectivity index (χ0v) is 20.7. The summed E-state index contributed by atoms with van der Waals surface area (Å²) in [6.07, 6.45) is 2.73. The van der Waals surface area contributed by atoms with Gasteiger partial charge in [0.25, 0.3) is 5.91 Å². The highest BCUT2D eigenvalue weighted by Gasteiger charge is 2.16. The monoisotopic (exact) mass is 547 g/mol. The van der Waals surface area contributed by atoms with Crippen LogP contribution in [-0.2, 0) is 19.6 Å². The third kappa shape index (κ3) is 5.99. The first-order valence-electron chi connectivity index (χ1n) is 10.2. The second kappa shape index (κ2) is 10.5. The highest BCUT2D eigenvalue weighted by atomic mass is 79.9. The fraction of sp³-hybridized carbons (Fsp3) is 0.167. The molecule has 1 amide bonds. The van der Waals surface area contributed by atoms with Crippen LogP contribution in [0, 0.1) is 0 Å². The van der Waals surface area contributed by atoms with Crippen LogP contribution < -0.4 is 10.1 Å². The lowest BCUT2D eigenvalue weighted by molar-refractivity contribution is 0.0992. The molecule has 2 aromatic carbocycles. The van der Waals surface area contributed by atoms with Crippen molar-refractivity contribution in [3.63, 3.8) is 0 Å². The number of hydrogen-bond donors (Lipinski definition) is 1. The lowest BCUT2D eigenvalue weighted by Crippen LogP contribution is -2.12. The Balaban J connectivity index is 1.37. The van der Waals surface area contributed by atoms with Crippen LogP contribution >= 0.6 is 39.1 Å². The van der Waals surface area contributed by atoms with Crippen molar-refractivity contribution in [2.45, 2.75) is 26.5 Å². The van der Waals surface area contributed by atoms with Gasteiger partial charge in [0.1, 0.15) is 18.1 Å². The minimum absolute atomic E-state index is 0.164. The Morgan fingerprint density at radius 1 is 1.15 bits per heavy atom. The Hall–Kier alpha value is -2.74. The van der Waals surface area contributed by atoms with Gasteiger partial charge in [0.15, 0.2) is 11.6 Å². The number of halogens is 3. The molecule has 9 heteroatoms. The summed E-state index contributed by atoms with van der Waals surface area (Å²) in [4.78, 5) is 12.6. The van der Waals surface area contributed by atoms with E-state index in [4.69, 9.17) is 32.4 Å². The second-order valence-corrected chi connectivity index (χ2v) is 8.96. The maximum atomic E-state index is 12.6. The number of carbonyl (C=O) groups excluding carboxylic acids is 1. The average Bonchev–Trinajstić information content (AvgIpc) is 3.41. The number of furan rings is 1. The van der Waals surface area contributed by atoms with Crippen molar-refractivity contribution in [1.29, 1.82) is 0 Å². The van der Waals surface area contributed by atoms with E-state index in [1.807, 2.05) is 30.3 Å². The molecule has 0 unspecified atom stereocenters. The Labute approximate surface area is 209 Å². The van der Waals surface area contributed by atoms with Crippen LogP contribution in [0.2, 0.25) is 10.0 Å². The van der Waals surface area contributed by atoms with E-state index in [1.54, 1.807) is 35.1 Å². The lowest BCUT2D eigenvalue weighted by atomic mass is 10.2. The summed E-state index contributed by atoms with van der Waals surface area (Å²) in [6, 6.07) is 16.5. The second-order valence-electron chi connectivity index (χ2n) is 7.27. The predicted octanol–water partition coefficient (Wildman–Crippen LogP) is 6.99. The first-order chi connectivity index (χ1) is 15.9. The van der Waals surface area contributed by atoms with Crippen molar-refractivity contribution >= 4 is 50.9 Å². The maximum absolute atomic E-state index is 12.6. The number of aryl methyl sites for hydroxylation is 1. The molecule has 0 bridgehead atoms. The number of nitrogens with one attached hydrogen (secondary N) is 1. The van der Waals surface area contributed by atoms with Gasteiger partial charge in [-0.15, -0.1) is 0 Å². The molecule has 0 fully saturated rings. The van der Waals surface area contributed by atoms with Gasteiger partial charge in [0.2, 0.25) is 0 Å². The molecular formula is C24H20BrCl2N3O3. The quantitative estimate of drug-likeness (QED) is 0.257. The summed E-state index contributed by atoms with van der Waals surface area (Å²) in [5.41, 5.74) is 2.10. The Morgan fingerprint density at radius 3 is 2.67 bits per heavy atom. The van der Waals surface area contributed by atoms with Gasteiger partial charge in [-0.25, -0.2) is 0 Å². The van der Waals surface area contributed by atoms with Crippen LogP contribution in [0.5, 0.6) is 5.75 Å². The first-order valence-corrected chi connectivity index (χ1v) is 11.7. The van der Waals surface area contributed by atoms with Gasteiger partial charge in [-0.05, 0) is 69.9 Å². The zero-order chi connectivity index (χ0) is 23.4. The standard InChI is InChI=1S/C24H20BrCl2N3O3/c1-2-15-3-7-18(8-4-15)32-14-19-9-10-22(33-19)24(31)28-23-20(25)13-30(29-23)12-16-5-6-17(26)11-21(16)27/h3-11,13H,2,12,14H2,1H3,(H,28,29,31). The summed E-state index contributed by atoms with van der Waals surface area (Å²) in [7, 11) is 0. The van der Waals surface area contributed by atoms with Crippen molar-refractivity contribution in [2.75, 3.05) is 5.32 Å². The van der Waals surface area contributed by atoms with Gasteiger partial charge in [-0.3, -0.25) is 9.48 Å². The van der Waals surface area contributed by atoms with Crippen molar-refractivity contribution in [2.24, 2.45) is 0 Å². The fourth-order valence-corrected chi connectivity index (χ4v) is 3.99. The SMILES string of the molecule is CCc1ccc(OCc2ccc(C(=O)Nc3nn(Cc4ccc(Cl)cc4Cl)cc3Br)o2)cc1. The Morgan fingerprint density at radius 2 is 1.94 bits per heavy atom. The van der Waals surface area contributed by atoms with E-state index >= 15 is 0 Å². The molecule has 4 rings (SSSR count). The van der Waals surface area contributed by atoms with Gasteiger partial charge < -0.3 is 14.5 Å². The molecule has 0 aliphatic heterocycles. The number of hydrogen-bond acceptors (Lipinski definition) is 4. The number of aromatic nitrogens is 2. The normalized spacial score (nSPS) is 10.9. The van der Waals surface area contributed by atoms with Crippen LogP contribution in [-0.4, -0.2) is 15.7 Å². The topological polar surface area (TPSA) is 69.3 Å². The van der Waals surface area contributed by atoms with E-state index in [9.17, 15) is 4.79 Å². The number of amides is 1. The van der Waals surface area contributed by atoms with Crippen LogP contribution in [0.1, 0.15) is 34.4 Å². The zero-order valence-electron chi connectivity index (χ0n) is 17.6. The van der Waals surface area contributed by atoms with Gasteiger partial charge in [0, 0.05) is 16.2 Å². The Kier molecular flexibility index (Phi) is 7.42. The predicted molar refractivity (Wildman–Crippen MR) is 132 cm³/mol. The summed E-state index contributed by atoms with van der Waals surface area (Å²) in [5, 5.41) is 8.27. The molecular weight excluding hydrogens is 529 g/mol. The smallest absolute Gasteiger partial charge is 0.292 e. The number of rotatable bonds is 8. The van der Waals surface area contributed by atoms with E-state index < -0.39 is 5.91 Å². The minimum Gasteiger partial charge on any atom is -0.486 e. The van der Waals surface area contributed by atoms with Crippen LogP contribution in [0.15, 0.2) is 69.7 Å². The molecule has 0 saturated heterocycles. The van der Waals surface area contributed by atoms with Crippen molar-refractivity contribution in [3.05, 3.63) is 98.0 Å². The molecule has 4 aromatic rings. The number of anilines is 1. The molecule has 0 aliphatic carbocycles. The highest BCUT2D eigenvalue weighted by Crippen LogP contribution is 2.25. The van der Waals surface area contributed by atoms with E-state index in [2.05, 4.69) is 33.3 Å². The van der Waals surface area contributed by atoms with E-state index in [0.29, 0.717) is 32.6 Å². The Bertz CT molecular complexity index is 1270. The number of ether oxygens (including phenoxy) is 1. The molecule has 2 heterocycles. The molecule has 0 spiro atoms. The van der Waals surface area contributed by atoms with Crippen molar-refractivity contribution < 1.29 is 13.9 Å². The van der Waals surface area contributed by atoms with Crippen LogP contribution in [0.3, 0.4) is 0 Å². The fourth-order valence-electron chi connectivity index (χ4n) is 3.11. The molecule has 170 valence electrons. The summed E-state index contributed by atoms with van der Waals surface area (Å²) in [6.45, 7) is 2.74. The average molecular weight is 549 g/mol. The largest absolute Gasteiger partial charge is 0.486 e. The van der Waals surface area contributed by atoms with Gasteiger partial charge in [-0.1, -0.05) is 48.3 Å². The minimum atomic E-state index is -0.413. The molecule has 2 aromatic heterocycles. The van der Waals surface area contributed by atoms with Gasteiger partial charge in [-0.2, -0.15) is 5.10 Å². The lowest BCUT2D eigenvalue weighted by Gasteiger charge is -2.05. The van der Waals surface area contributed by atoms with Gasteiger partial charge in [0.05, 0.1) is 11.0 Å². The van der Waals surface area contributed by atoms with Crippen LogP contribution in [0.25, 0.3) is 0 Å². The van der Waals surface area contributed by atoms with Crippen LogP contribution in [0.4, 0.5) is 5.82 Å². The highest BCUT2D eigenvalue weighted by molar-refractivity contribution is 9.10. The maximum Gasteiger partial charge on any atom is 0.292 e. The molecule has 0 saturated carbocycles.